The largest absolute Gasteiger partial charge is 0.329 e. The molecular formula is C11H20N2S. The van der Waals surface area contributed by atoms with E-state index in [9.17, 15) is 0 Å². The highest BCUT2D eigenvalue weighted by molar-refractivity contribution is 7.09. The zero-order chi connectivity index (χ0) is 10.6. The topological polar surface area (TPSA) is 29.3 Å². The first-order valence-corrected chi connectivity index (χ1v) is 5.94. The highest BCUT2D eigenvalue weighted by Gasteiger charge is 2.25. The zero-order valence-corrected chi connectivity index (χ0v) is 10.1. The fourth-order valence-electron chi connectivity index (χ4n) is 1.40. The standard InChI is InChI=1S/C11H20N2S/c1-4-11(2,9-12)13(3)8-10-6-5-7-14-10/h5-7H,4,8-9,12H2,1-3H3. The van der Waals surface area contributed by atoms with Crippen molar-refractivity contribution < 1.29 is 0 Å². The molecule has 1 heterocycles. The van der Waals surface area contributed by atoms with Crippen LogP contribution in [0.5, 0.6) is 0 Å². The Kier molecular flexibility index (Phi) is 4.11. The van der Waals surface area contributed by atoms with Crippen LogP contribution in [-0.2, 0) is 6.54 Å². The lowest BCUT2D eigenvalue weighted by Crippen LogP contribution is -2.48. The Balaban J connectivity index is 2.60. The fraction of sp³-hybridized carbons (Fsp3) is 0.636. The average molecular weight is 212 g/mol. The van der Waals surface area contributed by atoms with Gasteiger partial charge in [0, 0.05) is 23.5 Å². The van der Waals surface area contributed by atoms with Gasteiger partial charge in [0.2, 0.25) is 0 Å². The van der Waals surface area contributed by atoms with Crippen molar-refractivity contribution >= 4 is 11.3 Å². The molecule has 0 spiro atoms. The van der Waals surface area contributed by atoms with Crippen LogP contribution in [0.4, 0.5) is 0 Å². The lowest BCUT2D eigenvalue weighted by atomic mass is 9.97. The van der Waals surface area contributed by atoms with Gasteiger partial charge in [-0.1, -0.05) is 13.0 Å². The van der Waals surface area contributed by atoms with E-state index in [0.717, 1.165) is 13.0 Å². The Bertz CT molecular complexity index is 252. The number of rotatable bonds is 5. The Hall–Kier alpha value is -0.380. The highest BCUT2D eigenvalue weighted by atomic mass is 32.1. The second-order valence-corrected chi connectivity index (χ2v) is 5.02. The van der Waals surface area contributed by atoms with Crippen molar-refractivity contribution in [2.75, 3.05) is 13.6 Å². The van der Waals surface area contributed by atoms with Gasteiger partial charge in [-0.15, -0.1) is 11.3 Å². The lowest BCUT2D eigenvalue weighted by Gasteiger charge is -2.37. The summed E-state index contributed by atoms with van der Waals surface area (Å²) in [5.74, 6) is 0. The van der Waals surface area contributed by atoms with Crippen molar-refractivity contribution in [1.29, 1.82) is 0 Å². The molecule has 14 heavy (non-hydrogen) atoms. The lowest BCUT2D eigenvalue weighted by molar-refractivity contribution is 0.133. The summed E-state index contributed by atoms with van der Waals surface area (Å²) in [7, 11) is 2.15. The van der Waals surface area contributed by atoms with Crippen molar-refractivity contribution in [2.45, 2.75) is 32.4 Å². The number of hydrogen-bond donors (Lipinski definition) is 1. The molecule has 0 aromatic carbocycles. The molecule has 0 aliphatic heterocycles. The van der Waals surface area contributed by atoms with Crippen LogP contribution in [0.3, 0.4) is 0 Å². The quantitative estimate of drug-likeness (QED) is 0.811. The molecule has 0 fully saturated rings. The molecule has 1 rings (SSSR count). The Morgan fingerprint density at radius 1 is 1.57 bits per heavy atom. The first-order chi connectivity index (χ1) is 6.62. The minimum atomic E-state index is 0.129. The second-order valence-electron chi connectivity index (χ2n) is 3.99. The first kappa shape index (κ1) is 11.7. The smallest absolute Gasteiger partial charge is 0.0330 e. The maximum absolute atomic E-state index is 5.81. The van der Waals surface area contributed by atoms with Crippen LogP contribution in [0, 0.1) is 0 Å². The molecule has 0 amide bonds. The SMILES string of the molecule is CCC(C)(CN)N(C)Cc1cccs1. The van der Waals surface area contributed by atoms with Crippen molar-refractivity contribution in [3.8, 4) is 0 Å². The second kappa shape index (κ2) is 4.91. The van der Waals surface area contributed by atoms with E-state index in [0.29, 0.717) is 6.54 Å². The van der Waals surface area contributed by atoms with Gasteiger partial charge in [0.1, 0.15) is 0 Å². The predicted molar refractivity (Wildman–Crippen MR) is 63.5 cm³/mol. The van der Waals surface area contributed by atoms with E-state index in [2.05, 4.69) is 43.3 Å². The molecule has 0 aliphatic rings. The first-order valence-electron chi connectivity index (χ1n) is 5.06. The summed E-state index contributed by atoms with van der Waals surface area (Å²) in [4.78, 5) is 3.75. The van der Waals surface area contributed by atoms with E-state index < -0.39 is 0 Å². The summed E-state index contributed by atoms with van der Waals surface area (Å²) in [6.45, 7) is 6.13. The van der Waals surface area contributed by atoms with Gasteiger partial charge in [0.15, 0.2) is 0 Å². The van der Waals surface area contributed by atoms with Gasteiger partial charge >= 0.3 is 0 Å². The Morgan fingerprint density at radius 3 is 2.71 bits per heavy atom. The maximum atomic E-state index is 5.81. The summed E-state index contributed by atoms with van der Waals surface area (Å²) >= 11 is 1.81. The van der Waals surface area contributed by atoms with Crippen LogP contribution in [0.1, 0.15) is 25.1 Å². The number of hydrogen-bond acceptors (Lipinski definition) is 3. The van der Waals surface area contributed by atoms with Gasteiger partial charge in [0.05, 0.1) is 0 Å². The van der Waals surface area contributed by atoms with E-state index in [1.54, 1.807) is 11.3 Å². The van der Waals surface area contributed by atoms with Crippen molar-refractivity contribution in [3.05, 3.63) is 22.4 Å². The highest BCUT2D eigenvalue weighted by Crippen LogP contribution is 2.20. The van der Waals surface area contributed by atoms with Gasteiger partial charge in [-0.3, -0.25) is 4.90 Å². The molecule has 2 nitrogen and oxygen atoms in total. The van der Waals surface area contributed by atoms with Crippen LogP contribution >= 0.6 is 11.3 Å². The average Bonchev–Trinajstić information content (AvgIpc) is 2.69. The van der Waals surface area contributed by atoms with Crippen LogP contribution < -0.4 is 5.73 Å². The number of thiophene rings is 1. The minimum absolute atomic E-state index is 0.129. The number of likely N-dealkylation sites (N-methyl/N-ethyl adjacent to an activating group) is 1. The summed E-state index contributed by atoms with van der Waals surface area (Å²) < 4.78 is 0. The van der Waals surface area contributed by atoms with E-state index in [4.69, 9.17) is 5.73 Å². The maximum Gasteiger partial charge on any atom is 0.0330 e. The molecule has 0 radical (unpaired) electrons. The monoisotopic (exact) mass is 212 g/mol. The summed E-state index contributed by atoms with van der Waals surface area (Å²) in [5.41, 5.74) is 5.94. The van der Waals surface area contributed by atoms with Crippen molar-refractivity contribution in [1.82, 2.24) is 4.90 Å². The Morgan fingerprint density at radius 2 is 2.29 bits per heavy atom. The summed E-state index contributed by atoms with van der Waals surface area (Å²) in [5, 5.41) is 2.12. The fourth-order valence-corrected chi connectivity index (χ4v) is 2.15. The number of nitrogens with two attached hydrogens (primary N) is 1. The third kappa shape index (κ3) is 2.56. The summed E-state index contributed by atoms with van der Waals surface area (Å²) in [6, 6.07) is 4.27. The molecule has 2 N–H and O–H groups in total. The van der Waals surface area contributed by atoms with E-state index >= 15 is 0 Å². The zero-order valence-electron chi connectivity index (χ0n) is 9.29. The van der Waals surface area contributed by atoms with E-state index in [-0.39, 0.29) is 5.54 Å². The molecule has 0 bridgehead atoms. The normalized spacial score (nSPS) is 15.8. The molecule has 0 saturated heterocycles. The van der Waals surface area contributed by atoms with Gasteiger partial charge < -0.3 is 5.73 Å². The van der Waals surface area contributed by atoms with Gasteiger partial charge in [0.25, 0.3) is 0 Å². The molecule has 0 aliphatic carbocycles. The van der Waals surface area contributed by atoms with Crippen molar-refractivity contribution in [2.24, 2.45) is 5.73 Å². The van der Waals surface area contributed by atoms with Gasteiger partial charge in [-0.2, -0.15) is 0 Å². The van der Waals surface area contributed by atoms with Gasteiger partial charge in [-0.25, -0.2) is 0 Å². The van der Waals surface area contributed by atoms with Crippen LogP contribution in [0.25, 0.3) is 0 Å². The minimum Gasteiger partial charge on any atom is -0.329 e. The molecule has 3 heteroatoms. The molecule has 1 atom stereocenters. The van der Waals surface area contributed by atoms with Crippen LogP contribution in [-0.4, -0.2) is 24.0 Å². The molecule has 0 saturated carbocycles. The van der Waals surface area contributed by atoms with Crippen LogP contribution in [0.15, 0.2) is 17.5 Å². The molecule has 1 aromatic rings. The molecular weight excluding hydrogens is 192 g/mol. The molecule has 80 valence electrons. The van der Waals surface area contributed by atoms with Crippen LogP contribution in [0.2, 0.25) is 0 Å². The molecule has 1 unspecified atom stereocenters. The van der Waals surface area contributed by atoms with E-state index in [1.807, 2.05) is 0 Å². The van der Waals surface area contributed by atoms with Crippen molar-refractivity contribution in [3.63, 3.8) is 0 Å². The predicted octanol–water partition coefficient (Wildman–Crippen LogP) is 2.31. The third-order valence-corrected chi connectivity index (χ3v) is 3.96. The number of nitrogens with zero attached hydrogens (tertiary/aromatic N) is 1. The van der Waals surface area contributed by atoms with Gasteiger partial charge in [-0.05, 0) is 31.8 Å². The van der Waals surface area contributed by atoms with E-state index in [1.165, 1.54) is 4.88 Å². The summed E-state index contributed by atoms with van der Waals surface area (Å²) in [6.07, 6.45) is 1.09. The molecule has 1 aromatic heterocycles. The Labute approximate surface area is 90.7 Å². The third-order valence-electron chi connectivity index (χ3n) is 3.10.